The number of aliphatic hydroxyl groups is 1. The lowest BCUT2D eigenvalue weighted by atomic mass is 10.0. The second-order valence-electron chi connectivity index (χ2n) is 5.82. The van der Waals surface area contributed by atoms with Crippen molar-refractivity contribution in [3.63, 3.8) is 0 Å². The summed E-state index contributed by atoms with van der Waals surface area (Å²) in [4.78, 5) is 22.4. The van der Waals surface area contributed by atoms with E-state index in [-0.39, 0.29) is 5.91 Å². The normalized spacial score (nSPS) is 14.1. The lowest BCUT2D eigenvalue weighted by Gasteiger charge is -2.16. The Morgan fingerprint density at radius 3 is 2.05 bits per heavy atom. The highest BCUT2D eigenvalue weighted by molar-refractivity contribution is 5.83. The minimum Gasteiger partial charge on any atom is -0.480 e. The van der Waals surface area contributed by atoms with Gasteiger partial charge in [-0.1, -0.05) is 46.0 Å². The average molecular weight is 287 g/mol. The first-order valence-corrected chi connectivity index (χ1v) is 7.54. The number of hydrogen-bond donors (Lipinski definition) is 3. The van der Waals surface area contributed by atoms with Gasteiger partial charge in [0.1, 0.15) is 0 Å². The van der Waals surface area contributed by atoms with Gasteiger partial charge in [-0.05, 0) is 19.3 Å². The number of carbonyl (C=O) groups excluding carboxylic acids is 1. The first kappa shape index (κ1) is 18.9. The maximum atomic E-state index is 11.6. The number of carboxylic acid groups (broad SMARTS) is 1. The quantitative estimate of drug-likeness (QED) is 0.509. The van der Waals surface area contributed by atoms with E-state index < -0.39 is 18.1 Å². The fourth-order valence-electron chi connectivity index (χ4n) is 2.00. The van der Waals surface area contributed by atoms with Gasteiger partial charge in [0.15, 0.2) is 6.04 Å². The molecule has 2 unspecified atom stereocenters. The molecule has 0 aliphatic carbocycles. The predicted molar refractivity (Wildman–Crippen MR) is 78.4 cm³/mol. The Hall–Kier alpha value is -1.10. The van der Waals surface area contributed by atoms with Gasteiger partial charge in [-0.2, -0.15) is 0 Å². The largest absolute Gasteiger partial charge is 0.480 e. The number of amides is 1. The van der Waals surface area contributed by atoms with Crippen LogP contribution in [0.1, 0.15) is 65.7 Å². The van der Waals surface area contributed by atoms with Crippen LogP contribution in [0.15, 0.2) is 0 Å². The molecule has 20 heavy (non-hydrogen) atoms. The zero-order chi connectivity index (χ0) is 15.5. The molecule has 2 atom stereocenters. The lowest BCUT2D eigenvalue weighted by molar-refractivity contribution is -0.144. The van der Waals surface area contributed by atoms with Crippen LogP contribution in [0.2, 0.25) is 0 Å². The minimum atomic E-state index is -1.21. The third-order valence-electron chi connectivity index (χ3n) is 3.25. The SMILES string of the molecule is CC(C)CCCCCCCC(=O)NC(C(=O)O)C(C)O. The summed E-state index contributed by atoms with van der Waals surface area (Å²) >= 11 is 0. The summed E-state index contributed by atoms with van der Waals surface area (Å²) in [5.41, 5.74) is 0. The smallest absolute Gasteiger partial charge is 0.328 e. The zero-order valence-electron chi connectivity index (χ0n) is 12.9. The molecule has 0 saturated heterocycles. The zero-order valence-corrected chi connectivity index (χ0v) is 12.9. The molecule has 0 radical (unpaired) electrons. The first-order chi connectivity index (χ1) is 9.34. The van der Waals surface area contributed by atoms with Gasteiger partial charge in [0, 0.05) is 6.42 Å². The van der Waals surface area contributed by atoms with E-state index in [0.29, 0.717) is 6.42 Å². The van der Waals surface area contributed by atoms with Gasteiger partial charge in [-0.3, -0.25) is 4.79 Å². The maximum Gasteiger partial charge on any atom is 0.328 e. The van der Waals surface area contributed by atoms with Gasteiger partial charge in [0.2, 0.25) is 5.91 Å². The number of rotatable bonds is 11. The van der Waals surface area contributed by atoms with Crippen LogP contribution in [-0.4, -0.2) is 34.2 Å². The first-order valence-electron chi connectivity index (χ1n) is 7.54. The number of carboxylic acids is 1. The summed E-state index contributed by atoms with van der Waals surface area (Å²) in [6.07, 6.45) is 5.75. The second kappa shape index (κ2) is 10.7. The molecule has 0 aromatic rings. The van der Waals surface area contributed by atoms with Crippen LogP contribution in [0, 0.1) is 5.92 Å². The van der Waals surface area contributed by atoms with Crippen LogP contribution < -0.4 is 5.32 Å². The fraction of sp³-hybridized carbons (Fsp3) is 0.867. The Kier molecular flexibility index (Phi) is 10.1. The number of aliphatic hydroxyl groups excluding tert-OH is 1. The Labute approximate surface area is 121 Å². The third kappa shape index (κ3) is 9.78. The van der Waals surface area contributed by atoms with E-state index in [4.69, 9.17) is 5.11 Å². The Morgan fingerprint density at radius 1 is 1.00 bits per heavy atom. The molecule has 0 heterocycles. The highest BCUT2D eigenvalue weighted by Gasteiger charge is 2.24. The minimum absolute atomic E-state index is 0.305. The molecule has 0 aliphatic heterocycles. The van der Waals surface area contributed by atoms with Crippen molar-refractivity contribution in [2.45, 2.75) is 77.9 Å². The van der Waals surface area contributed by atoms with Gasteiger partial charge < -0.3 is 15.5 Å². The molecular formula is C15H29NO4. The number of unbranched alkanes of at least 4 members (excludes halogenated alkanes) is 4. The highest BCUT2D eigenvalue weighted by atomic mass is 16.4. The topological polar surface area (TPSA) is 86.6 Å². The van der Waals surface area contributed by atoms with E-state index in [0.717, 1.165) is 25.2 Å². The van der Waals surface area contributed by atoms with Crippen molar-refractivity contribution in [2.24, 2.45) is 5.92 Å². The molecule has 0 aliphatic rings. The molecule has 0 saturated carbocycles. The maximum absolute atomic E-state index is 11.6. The summed E-state index contributed by atoms with van der Waals surface area (Å²) in [6.45, 7) is 5.78. The fourth-order valence-corrected chi connectivity index (χ4v) is 2.00. The standard InChI is InChI=1S/C15H29NO4/c1-11(2)9-7-5-4-6-8-10-13(18)16-14(12(3)17)15(19)20/h11-12,14,17H,4-10H2,1-3H3,(H,16,18)(H,19,20). The van der Waals surface area contributed by atoms with Crippen LogP contribution in [0.5, 0.6) is 0 Å². The summed E-state index contributed by atoms with van der Waals surface area (Å²) < 4.78 is 0. The molecule has 0 spiro atoms. The Balaban J connectivity index is 3.65. The van der Waals surface area contributed by atoms with Crippen LogP contribution in [-0.2, 0) is 9.59 Å². The van der Waals surface area contributed by atoms with Gasteiger partial charge in [0.25, 0.3) is 0 Å². The van der Waals surface area contributed by atoms with Crippen LogP contribution in [0.4, 0.5) is 0 Å². The molecule has 0 fully saturated rings. The van der Waals surface area contributed by atoms with Crippen molar-refractivity contribution in [1.82, 2.24) is 5.32 Å². The number of carbonyl (C=O) groups is 2. The molecule has 0 aromatic carbocycles. The number of nitrogens with one attached hydrogen (secondary N) is 1. The third-order valence-corrected chi connectivity index (χ3v) is 3.25. The summed E-state index contributed by atoms with van der Waals surface area (Å²) in [6, 6.07) is -1.21. The summed E-state index contributed by atoms with van der Waals surface area (Å²) in [5.74, 6) is -0.767. The van der Waals surface area contributed by atoms with E-state index in [9.17, 15) is 14.7 Å². The molecule has 118 valence electrons. The lowest BCUT2D eigenvalue weighted by Crippen LogP contribution is -2.47. The average Bonchev–Trinajstić information content (AvgIpc) is 2.33. The van der Waals surface area contributed by atoms with Crippen molar-refractivity contribution < 1.29 is 19.8 Å². The second-order valence-corrected chi connectivity index (χ2v) is 5.82. The van der Waals surface area contributed by atoms with Crippen molar-refractivity contribution in [1.29, 1.82) is 0 Å². The molecule has 5 heteroatoms. The number of hydrogen-bond acceptors (Lipinski definition) is 3. The molecular weight excluding hydrogens is 258 g/mol. The summed E-state index contributed by atoms with van der Waals surface area (Å²) in [5, 5.41) is 20.4. The molecule has 5 nitrogen and oxygen atoms in total. The van der Waals surface area contributed by atoms with Crippen molar-refractivity contribution in [2.75, 3.05) is 0 Å². The van der Waals surface area contributed by atoms with Gasteiger partial charge in [-0.25, -0.2) is 4.79 Å². The van der Waals surface area contributed by atoms with Crippen molar-refractivity contribution in [3.05, 3.63) is 0 Å². The molecule has 0 bridgehead atoms. The van der Waals surface area contributed by atoms with Gasteiger partial charge in [0.05, 0.1) is 6.10 Å². The summed E-state index contributed by atoms with van der Waals surface area (Å²) in [7, 11) is 0. The van der Waals surface area contributed by atoms with E-state index >= 15 is 0 Å². The van der Waals surface area contributed by atoms with Gasteiger partial charge in [-0.15, -0.1) is 0 Å². The van der Waals surface area contributed by atoms with E-state index in [1.54, 1.807) is 0 Å². The molecule has 0 aromatic heterocycles. The van der Waals surface area contributed by atoms with Crippen LogP contribution in [0.25, 0.3) is 0 Å². The predicted octanol–water partition coefficient (Wildman–Crippen LogP) is 2.32. The van der Waals surface area contributed by atoms with Crippen molar-refractivity contribution >= 4 is 11.9 Å². The van der Waals surface area contributed by atoms with Crippen LogP contribution in [0.3, 0.4) is 0 Å². The molecule has 0 rings (SSSR count). The molecule has 1 amide bonds. The highest BCUT2D eigenvalue weighted by Crippen LogP contribution is 2.11. The Morgan fingerprint density at radius 2 is 1.55 bits per heavy atom. The van der Waals surface area contributed by atoms with Gasteiger partial charge >= 0.3 is 5.97 Å². The Bertz CT molecular complexity index is 290. The van der Waals surface area contributed by atoms with E-state index in [1.165, 1.54) is 26.2 Å². The van der Waals surface area contributed by atoms with Crippen LogP contribution >= 0.6 is 0 Å². The monoisotopic (exact) mass is 287 g/mol. The van der Waals surface area contributed by atoms with Crippen molar-refractivity contribution in [3.8, 4) is 0 Å². The molecule has 3 N–H and O–H groups in total. The number of aliphatic carboxylic acids is 1. The van der Waals surface area contributed by atoms with E-state index in [2.05, 4.69) is 19.2 Å². The van der Waals surface area contributed by atoms with E-state index in [1.807, 2.05) is 0 Å².